The van der Waals surface area contributed by atoms with Gasteiger partial charge in [0.2, 0.25) is 0 Å². The second kappa shape index (κ2) is 9.21. The Morgan fingerprint density at radius 2 is 1.33 bits per heavy atom. The predicted molar refractivity (Wildman–Crippen MR) is 69.7 cm³/mol. The van der Waals surface area contributed by atoms with E-state index >= 15 is 0 Å². The summed E-state index contributed by atoms with van der Waals surface area (Å²) in [4.78, 5) is 0. The highest BCUT2D eigenvalue weighted by Crippen LogP contribution is 2.22. The fourth-order valence-corrected chi connectivity index (χ4v) is 1.64. The molecule has 0 aromatic rings. The first-order valence-electron chi connectivity index (χ1n) is 6.67. The van der Waals surface area contributed by atoms with E-state index in [9.17, 15) is 0 Å². The molecule has 2 atom stereocenters. The number of rotatable bonds is 9. The van der Waals surface area contributed by atoms with Crippen molar-refractivity contribution in [2.75, 3.05) is 6.54 Å². The molecule has 0 spiro atoms. The lowest BCUT2D eigenvalue weighted by molar-refractivity contribution is 0.455. The summed E-state index contributed by atoms with van der Waals surface area (Å²) in [6.45, 7) is 10.0. The van der Waals surface area contributed by atoms with Gasteiger partial charge in [0.15, 0.2) is 0 Å². The molecule has 1 radical (unpaired) electrons. The minimum atomic E-state index is 0.798. The molecule has 0 aliphatic rings. The van der Waals surface area contributed by atoms with Gasteiger partial charge in [0.1, 0.15) is 0 Å². The van der Waals surface area contributed by atoms with Crippen molar-refractivity contribution in [2.24, 2.45) is 17.6 Å². The molecule has 0 rings (SSSR count). The molecule has 2 unspecified atom stereocenters. The van der Waals surface area contributed by atoms with Crippen LogP contribution in [0, 0.1) is 17.8 Å². The predicted octanol–water partition coefficient (Wildman–Crippen LogP) is 4.17. The zero-order chi connectivity index (χ0) is 11.7. The van der Waals surface area contributed by atoms with Crippen molar-refractivity contribution in [2.45, 2.75) is 66.2 Å². The molecule has 15 heavy (non-hydrogen) atoms. The number of nitrogens with two attached hydrogens (primary N) is 1. The van der Waals surface area contributed by atoms with Crippen LogP contribution in [-0.4, -0.2) is 6.54 Å². The van der Waals surface area contributed by atoms with Crippen molar-refractivity contribution in [1.29, 1.82) is 0 Å². The first-order chi connectivity index (χ1) is 7.13. The molecule has 91 valence electrons. The lowest BCUT2D eigenvalue weighted by atomic mass is 9.89. The largest absolute Gasteiger partial charge is 0.330 e. The van der Waals surface area contributed by atoms with Crippen LogP contribution in [0.3, 0.4) is 0 Å². The Labute approximate surface area is 96.8 Å². The van der Waals surface area contributed by atoms with Gasteiger partial charge in [-0.3, -0.25) is 0 Å². The molecule has 0 aliphatic heterocycles. The zero-order valence-corrected chi connectivity index (χ0v) is 11.2. The molecule has 2 N–H and O–H groups in total. The SMILES string of the molecule is CCC(C)CC[C](CN)CCC(C)CC. The maximum absolute atomic E-state index is 5.79. The van der Waals surface area contributed by atoms with E-state index in [0.29, 0.717) is 0 Å². The highest BCUT2D eigenvalue weighted by Gasteiger charge is 2.10. The Morgan fingerprint density at radius 1 is 0.933 bits per heavy atom. The van der Waals surface area contributed by atoms with Gasteiger partial charge in [-0.05, 0) is 37.1 Å². The highest BCUT2D eigenvalue weighted by atomic mass is 14.5. The molecule has 1 nitrogen and oxygen atoms in total. The van der Waals surface area contributed by atoms with Crippen LogP contribution in [0.4, 0.5) is 0 Å². The van der Waals surface area contributed by atoms with Gasteiger partial charge in [-0.15, -0.1) is 0 Å². The second-order valence-electron chi connectivity index (χ2n) is 5.06. The summed E-state index contributed by atoms with van der Waals surface area (Å²) in [5, 5.41) is 0. The van der Waals surface area contributed by atoms with Crippen molar-refractivity contribution in [3.63, 3.8) is 0 Å². The van der Waals surface area contributed by atoms with Gasteiger partial charge < -0.3 is 5.73 Å². The lowest BCUT2D eigenvalue weighted by Gasteiger charge is -2.18. The van der Waals surface area contributed by atoms with Crippen LogP contribution in [0.2, 0.25) is 0 Å². The third-order valence-electron chi connectivity index (χ3n) is 3.66. The smallest absolute Gasteiger partial charge is 0.00147 e. The van der Waals surface area contributed by atoms with Gasteiger partial charge >= 0.3 is 0 Å². The normalized spacial score (nSPS) is 15.6. The quantitative estimate of drug-likeness (QED) is 0.610. The van der Waals surface area contributed by atoms with Crippen LogP contribution in [0.15, 0.2) is 0 Å². The molecule has 0 bridgehead atoms. The van der Waals surface area contributed by atoms with Crippen LogP contribution < -0.4 is 5.73 Å². The van der Waals surface area contributed by atoms with E-state index in [4.69, 9.17) is 5.73 Å². The average Bonchev–Trinajstić information content (AvgIpc) is 2.28. The zero-order valence-electron chi connectivity index (χ0n) is 11.2. The molecule has 0 amide bonds. The maximum atomic E-state index is 5.79. The Hall–Kier alpha value is -0.0400. The van der Waals surface area contributed by atoms with Crippen LogP contribution in [0.1, 0.15) is 66.2 Å². The second-order valence-corrected chi connectivity index (χ2v) is 5.06. The molecule has 0 aromatic carbocycles. The standard InChI is InChI=1S/C14H30N/c1-5-12(3)7-9-14(11-15)10-8-13(4)6-2/h12-13H,5-11,15H2,1-4H3. The molecule has 0 aliphatic carbocycles. The van der Waals surface area contributed by atoms with Crippen molar-refractivity contribution in [3.05, 3.63) is 5.92 Å². The van der Waals surface area contributed by atoms with E-state index in [1.165, 1.54) is 38.5 Å². The summed E-state index contributed by atoms with van der Waals surface area (Å²) in [5.41, 5.74) is 5.79. The summed E-state index contributed by atoms with van der Waals surface area (Å²) in [6.07, 6.45) is 7.74. The van der Waals surface area contributed by atoms with Crippen molar-refractivity contribution in [1.82, 2.24) is 0 Å². The third-order valence-corrected chi connectivity index (χ3v) is 3.66. The molecular formula is C14H30N. The highest BCUT2D eigenvalue weighted by molar-refractivity contribution is 4.91. The number of hydrogen-bond acceptors (Lipinski definition) is 1. The van der Waals surface area contributed by atoms with Gasteiger partial charge in [0, 0.05) is 0 Å². The molecule has 0 saturated heterocycles. The van der Waals surface area contributed by atoms with Crippen LogP contribution in [0.25, 0.3) is 0 Å². The molecule has 1 heteroatoms. The Kier molecular flexibility index (Phi) is 9.18. The van der Waals surface area contributed by atoms with Gasteiger partial charge in [-0.25, -0.2) is 0 Å². The van der Waals surface area contributed by atoms with Crippen LogP contribution >= 0.6 is 0 Å². The summed E-state index contributed by atoms with van der Waals surface area (Å²) in [6, 6.07) is 0. The van der Waals surface area contributed by atoms with Crippen LogP contribution in [-0.2, 0) is 0 Å². The summed E-state index contributed by atoms with van der Waals surface area (Å²) in [7, 11) is 0. The first kappa shape index (κ1) is 15.0. The fourth-order valence-electron chi connectivity index (χ4n) is 1.64. The molecular weight excluding hydrogens is 182 g/mol. The van der Waals surface area contributed by atoms with Gasteiger partial charge in [0.05, 0.1) is 0 Å². The topological polar surface area (TPSA) is 26.0 Å². The minimum Gasteiger partial charge on any atom is -0.330 e. The fraction of sp³-hybridized carbons (Fsp3) is 0.929. The average molecular weight is 212 g/mol. The summed E-state index contributed by atoms with van der Waals surface area (Å²) in [5.74, 6) is 3.29. The van der Waals surface area contributed by atoms with Gasteiger partial charge in [0.25, 0.3) is 0 Å². The molecule has 0 aromatic heterocycles. The van der Waals surface area contributed by atoms with E-state index < -0.39 is 0 Å². The van der Waals surface area contributed by atoms with E-state index in [-0.39, 0.29) is 0 Å². The lowest BCUT2D eigenvalue weighted by Crippen LogP contribution is -2.14. The third kappa shape index (κ3) is 7.84. The van der Waals surface area contributed by atoms with Crippen molar-refractivity contribution >= 4 is 0 Å². The summed E-state index contributed by atoms with van der Waals surface area (Å²) >= 11 is 0. The van der Waals surface area contributed by atoms with E-state index in [2.05, 4.69) is 27.7 Å². The monoisotopic (exact) mass is 212 g/mol. The maximum Gasteiger partial charge on any atom is -0.00147 e. The molecule has 0 fully saturated rings. The molecule has 0 saturated carbocycles. The Balaban J connectivity index is 3.63. The van der Waals surface area contributed by atoms with E-state index in [0.717, 1.165) is 18.4 Å². The van der Waals surface area contributed by atoms with E-state index in [1.54, 1.807) is 5.92 Å². The van der Waals surface area contributed by atoms with Gasteiger partial charge in [-0.1, -0.05) is 53.4 Å². The van der Waals surface area contributed by atoms with E-state index in [1.807, 2.05) is 0 Å². The Bertz CT molecular complexity index is 119. The number of hydrogen-bond donors (Lipinski definition) is 1. The Morgan fingerprint density at radius 3 is 1.60 bits per heavy atom. The van der Waals surface area contributed by atoms with Crippen LogP contribution in [0.5, 0.6) is 0 Å². The summed E-state index contributed by atoms with van der Waals surface area (Å²) < 4.78 is 0. The van der Waals surface area contributed by atoms with Crippen molar-refractivity contribution < 1.29 is 0 Å². The van der Waals surface area contributed by atoms with Gasteiger partial charge in [-0.2, -0.15) is 0 Å². The first-order valence-corrected chi connectivity index (χ1v) is 6.67. The molecule has 0 heterocycles. The minimum absolute atomic E-state index is 0.798. The van der Waals surface area contributed by atoms with Crippen molar-refractivity contribution in [3.8, 4) is 0 Å².